The number of cyclic esters (lactones) is 2. The van der Waals surface area contributed by atoms with Crippen LogP contribution in [0.2, 0.25) is 0 Å². The van der Waals surface area contributed by atoms with E-state index < -0.39 is 17.7 Å². The van der Waals surface area contributed by atoms with Gasteiger partial charge in [0.2, 0.25) is 0 Å². The second-order valence-corrected chi connectivity index (χ2v) is 7.40. The maximum absolute atomic E-state index is 12.0. The van der Waals surface area contributed by atoms with Crippen molar-refractivity contribution < 1.29 is 19.1 Å². The summed E-state index contributed by atoms with van der Waals surface area (Å²) < 4.78 is 10.2. The van der Waals surface area contributed by atoms with E-state index in [4.69, 9.17) is 9.47 Å². The van der Waals surface area contributed by atoms with Gasteiger partial charge in [-0.05, 0) is 44.0 Å². The zero-order valence-electron chi connectivity index (χ0n) is 15.6. The van der Waals surface area contributed by atoms with E-state index in [0.717, 1.165) is 18.8 Å². The van der Waals surface area contributed by atoms with Gasteiger partial charge in [0.1, 0.15) is 0 Å². The fourth-order valence-electron chi connectivity index (χ4n) is 3.32. The summed E-state index contributed by atoms with van der Waals surface area (Å²) in [7, 11) is 0. The second kappa shape index (κ2) is 7.50. The van der Waals surface area contributed by atoms with Crippen LogP contribution < -0.4 is 5.32 Å². The molecule has 1 N–H and O–H groups in total. The largest absolute Gasteiger partial charge is 0.419 e. The number of carbonyl (C=O) groups is 2. The molecule has 1 aromatic carbocycles. The van der Waals surface area contributed by atoms with Crippen molar-refractivity contribution in [2.75, 3.05) is 11.9 Å². The minimum atomic E-state index is -1.23. The van der Waals surface area contributed by atoms with Gasteiger partial charge in [0.25, 0.3) is 5.79 Å². The molecule has 0 spiro atoms. The third kappa shape index (κ3) is 4.43. The Morgan fingerprint density at radius 3 is 2.65 bits per heavy atom. The Labute approximate surface area is 154 Å². The zero-order chi connectivity index (χ0) is 18.7. The van der Waals surface area contributed by atoms with Crippen molar-refractivity contribution in [1.29, 1.82) is 0 Å². The number of piperidine rings is 1. The zero-order valence-corrected chi connectivity index (χ0v) is 15.6. The highest BCUT2D eigenvalue weighted by atomic mass is 16.7. The number of hydrogen-bond acceptors (Lipinski definition) is 6. The molecule has 2 heterocycles. The monoisotopic (exact) mass is 358 g/mol. The molecular formula is C20H26N2O4. The van der Waals surface area contributed by atoms with Crippen LogP contribution in [0, 0.1) is 0 Å². The first-order chi connectivity index (χ1) is 12.3. The van der Waals surface area contributed by atoms with Gasteiger partial charge >= 0.3 is 11.9 Å². The minimum Gasteiger partial charge on any atom is -0.419 e. The molecule has 6 heteroatoms. The molecule has 1 unspecified atom stereocenters. The molecule has 3 rings (SSSR count). The van der Waals surface area contributed by atoms with E-state index in [9.17, 15) is 9.59 Å². The van der Waals surface area contributed by atoms with Crippen molar-refractivity contribution in [3.05, 3.63) is 41.6 Å². The number of rotatable bonds is 4. The SMILES string of the molecule is CC1CCCCN1Cc1cccc(NC=C2C(=O)OC(C)(C)OC2=O)c1. The van der Waals surface area contributed by atoms with E-state index in [-0.39, 0.29) is 5.57 Å². The molecule has 2 aliphatic heterocycles. The van der Waals surface area contributed by atoms with Crippen molar-refractivity contribution in [2.24, 2.45) is 0 Å². The average molecular weight is 358 g/mol. The Balaban J connectivity index is 1.67. The van der Waals surface area contributed by atoms with E-state index in [2.05, 4.69) is 23.2 Å². The van der Waals surface area contributed by atoms with E-state index >= 15 is 0 Å². The molecule has 2 fully saturated rings. The Bertz CT molecular complexity index is 704. The average Bonchev–Trinajstić information content (AvgIpc) is 2.55. The summed E-state index contributed by atoms with van der Waals surface area (Å²) in [6.07, 6.45) is 5.14. The molecule has 0 bridgehead atoms. The van der Waals surface area contributed by atoms with Gasteiger partial charge in [0, 0.05) is 38.3 Å². The molecule has 1 aromatic rings. The highest BCUT2D eigenvalue weighted by Gasteiger charge is 2.38. The summed E-state index contributed by atoms with van der Waals surface area (Å²) in [4.78, 5) is 26.4. The van der Waals surface area contributed by atoms with Gasteiger partial charge in [-0.15, -0.1) is 0 Å². The third-order valence-corrected chi connectivity index (χ3v) is 4.75. The van der Waals surface area contributed by atoms with Gasteiger partial charge in [-0.3, -0.25) is 4.90 Å². The molecule has 140 valence electrons. The number of likely N-dealkylation sites (tertiary alicyclic amines) is 1. The van der Waals surface area contributed by atoms with Crippen LogP contribution in [-0.4, -0.2) is 35.2 Å². The van der Waals surface area contributed by atoms with Crippen molar-refractivity contribution in [2.45, 2.75) is 58.4 Å². The summed E-state index contributed by atoms with van der Waals surface area (Å²) in [5.74, 6) is -2.59. The van der Waals surface area contributed by atoms with Gasteiger partial charge in [0.15, 0.2) is 5.57 Å². The highest BCUT2D eigenvalue weighted by molar-refractivity contribution is 6.15. The van der Waals surface area contributed by atoms with Crippen LogP contribution in [0.1, 0.15) is 45.6 Å². The molecule has 1 atom stereocenters. The topological polar surface area (TPSA) is 67.9 Å². The number of nitrogens with one attached hydrogen (secondary N) is 1. The summed E-state index contributed by atoms with van der Waals surface area (Å²) in [6, 6.07) is 8.57. The maximum Gasteiger partial charge on any atom is 0.350 e. The first-order valence-electron chi connectivity index (χ1n) is 9.10. The van der Waals surface area contributed by atoms with E-state index in [1.165, 1.54) is 44.9 Å². The number of hydrogen-bond donors (Lipinski definition) is 1. The number of anilines is 1. The fourth-order valence-corrected chi connectivity index (χ4v) is 3.32. The normalized spacial score (nSPS) is 23.2. The van der Waals surface area contributed by atoms with Crippen molar-refractivity contribution in [3.63, 3.8) is 0 Å². The van der Waals surface area contributed by atoms with Crippen LogP contribution in [0.4, 0.5) is 5.69 Å². The van der Waals surface area contributed by atoms with Crippen LogP contribution >= 0.6 is 0 Å². The Hall–Kier alpha value is -2.34. The number of nitrogens with zero attached hydrogens (tertiary/aromatic N) is 1. The molecule has 0 aromatic heterocycles. The Morgan fingerprint density at radius 2 is 1.96 bits per heavy atom. The highest BCUT2D eigenvalue weighted by Crippen LogP contribution is 2.23. The number of benzene rings is 1. The predicted octanol–water partition coefficient (Wildman–Crippen LogP) is 3.19. The van der Waals surface area contributed by atoms with E-state index in [0.29, 0.717) is 6.04 Å². The molecule has 26 heavy (non-hydrogen) atoms. The lowest BCUT2D eigenvalue weighted by Crippen LogP contribution is -2.42. The first kappa shape index (κ1) is 18.5. The number of ether oxygens (including phenoxy) is 2. The van der Waals surface area contributed by atoms with Crippen LogP contribution in [0.25, 0.3) is 0 Å². The lowest BCUT2D eigenvalue weighted by molar-refractivity contribution is -0.222. The van der Waals surface area contributed by atoms with Gasteiger partial charge in [-0.25, -0.2) is 9.59 Å². The quantitative estimate of drug-likeness (QED) is 0.506. The number of esters is 2. The maximum atomic E-state index is 12.0. The van der Waals surface area contributed by atoms with Crippen LogP contribution in [0.3, 0.4) is 0 Å². The summed E-state index contributed by atoms with van der Waals surface area (Å²) >= 11 is 0. The second-order valence-electron chi connectivity index (χ2n) is 7.40. The van der Waals surface area contributed by atoms with Crippen LogP contribution in [-0.2, 0) is 25.6 Å². The molecule has 2 aliphatic rings. The number of carbonyl (C=O) groups excluding carboxylic acids is 2. The summed E-state index contributed by atoms with van der Waals surface area (Å²) in [6.45, 7) is 7.34. The third-order valence-electron chi connectivity index (χ3n) is 4.75. The minimum absolute atomic E-state index is 0.139. The molecule has 6 nitrogen and oxygen atoms in total. The molecule has 0 radical (unpaired) electrons. The van der Waals surface area contributed by atoms with Crippen LogP contribution in [0.15, 0.2) is 36.0 Å². The van der Waals surface area contributed by atoms with Crippen molar-refractivity contribution in [1.82, 2.24) is 4.90 Å². The lowest BCUT2D eigenvalue weighted by atomic mass is 10.0. The first-order valence-corrected chi connectivity index (χ1v) is 9.10. The summed E-state index contributed by atoms with van der Waals surface area (Å²) in [5, 5.41) is 3.01. The van der Waals surface area contributed by atoms with Crippen molar-refractivity contribution in [3.8, 4) is 0 Å². The Kier molecular flexibility index (Phi) is 5.32. The van der Waals surface area contributed by atoms with E-state index in [1.54, 1.807) is 0 Å². The van der Waals surface area contributed by atoms with E-state index in [1.807, 2.05) is 18.2 Å². The molecular weight excluding hydrogens is 332 g/mol. The smallest absolute Gasteiger partial charge is 0.350 e. The van der Waals surface area contributed by atoms with Gasteiger partial charge in [-0.2, -0.15) is 0 Å². The molecule has 0 aliphatic carbocycles. The molecule has 0 saturated carbocycles. The standard InChI is InChI=1S/C20H26N2O4/c1-14-7-4-5-10-22(14)13-15-8-6-9-16(11-15)21-12-17-18(23)25-20(2,3)26-19(17)24/h6,8-9,11-12,14,21H,4-5,7,10,13H2,1-3H3. The predicted molar refractivity (Wildman–Crippen MR) is 98.1 cm³/mol. The Morgan fingerprint density at radius 1 is 1.23 bits per heavy atom. The molecule has 2 saturated heterocycles. The lowest BCUT2D eigenvalue weighted by Gasteiger charge is -2.33. The van der Waals surface area contributed by atoms with Crippen LogP contribution in [0.5, 0.6) is 0 Å². The van der Waals surface area contributed by atoms with Gasteiger partial charge in [0.05, 0.1) is 0 Å². The summed E-state index contributed by atoms with van der Waals surface area (Å²) in [5.41, 5.74) is 1.86. The van der Waals surface area contributed by atoms with Gasteiger partial charge < -0.3 is 14.8 Å². The van der Waals surface area contributed by atoms with Gasteiger partial charge in [-0.1, -0.05) is 18.6 Å². The van der Waals surface area contributed by atoms with Crippen molar-refractivity contribution >= 4 is 17.6 Å². The molecule has 0 amide bonds. The fraction of sp³-hybridized carbons (Fsp3) is 0.500.